The highest BCUT2D eigenvalue weighted by atomic mass is 32.2. The molecule has 174 valence electrons. The van der Waals surface area contributed by atoms with Gasteiger partial charge in [-0.2, -0.15) is 0 Å². The van der Waals surface area contributed by atoms with Crippen LogP contribution in [-0.4, -0.2) is 42.4 Å². The van der Waals surface area contributed by atoms with Crippen molar-refractivity contribution >= 4 is 56.8 Å². The van der Waals surface area contributed by atoms with Crippen molar-refractivity contribution in [2.75, 3.05) is 5.32 Å². The number of imide groups is 1. The molecule has 34 heavy (non-hydrogen) atoms. The maximum Gasteiger partial charge on any atom is 0.290 e. The van der Waals surface area contributed by atoms with Crippen LogP contribution in [0, 0.1) is 0 Å². The molecular formula is C23H22N6O3S2. The molecule has 1 aliphatic carbocycles. The van der Waals surface area contributed by atoms with E-state index in [0.717, 1.165) is 48.3 Å². The Morgan fingerprint density at radius 2 is 1.79 bits per heavy atom. The van der Waals surface area contributed by atoms with Gasteiger partial charge >= 0.3 is 0 Å². The number of aromatic nitrogens is 3. The predicted octanol–water partition coefficient (Wildman–Crippen LogP) is 3.38. The summed E-state index contributed by atoms with van der Waals surface area (Å²) in [5, 5.41) is 6.18. The Balaban J connectivity index is 1.17. The smallest absolute Gasteiger partial charge is 0.290 e. The summed E-state index contributed by atoms with van der Waals surface area (Å²) in [5.41, 5.74) is 1.32. The summed E-state index contributed by atoms with van der Waals surface area (Å²) in [7, 11) is -1.34. The summed E-state index contributed by atoms with van der Waals surface area (Å²) in [6, 6.07) is 11.6. The van der Waals surface area contributed by atoms with Gasteiger partial charge in [-0.1, -0.05) is 18.2 Å². The minimum Gasteiger partial charge on any atom is -0.351 e. The van der Waals surface area contributed by atoms with Crippen LogP contribution in [-0.2, 0) is 15.8 Å². The van der Waals surface area contributed by atoms with Crippen molar-refractivity contribution in [1.29, 1.82) is 0 Å². The average molecular weight is 495 g/mol. The van der Waals surface area contributed by atoms with Gasteiger partial charge in [-0.05, 0) is 61.7 Å². The van der Waals surface area contributed by atoms with Crippen molar-refractivity contribution in [2.24, 2.45) is 0 Å². The van der Waals surface area contributed by atoms with Crippen molar-refractivity contribution < 1.29 is 13.8 Å². The molecule has 9 nitrogen and oxygen atoms in total. The van der Waals surface area contributed by atoms with Crippen LogP contribution in [0.15, 0.2) is 58.6 Å². The molecular weight excluding hydrogens is 472 g/mol. The number of para-hydroxylation sites is 1. The minimum absolute atomic E-state index is 0.144. The Labute approximate surface area is 202 Å². The van der Waals surface area contributed by atoms with Gasteiger partial charge in [-0.3, -0.25) is 19.9 Å². The number of hydrogen-bond acceptors (Lipinski definition) is 8. The van der Waals surface area contributed by atoms with Crippen LogP contribution in [0.4, 0.5) is 10.7 Å². The van der Waals surface area contributed by atoms with E-state index in [2.05, 4.69) is 30.3 Å². The van der Waals surface area contributed by atoms with Crippen LogP contribution in [0.5, 0.6) is 0 Å². The molecule has 3 heterocycles. The maximum atomic E-state index is 13.0. The van der Waals surface area contributed by atoms with E-state index in [1.165, 1.54) is 0 Å². The zero-order chi connectivity index (χ0) is 23.5. The Morgan fingerprint density at radius 1 is 1.00 bits per heavy atom. The molecule has 1 atom stereocenters. The van der Waals surface area contributed by atoms with E-state index in [9.17, 15) is 13.8 Å². The molecule has 1 aliphatic heterocycles. The number of thioether (sulfide) groups is 1. The molecule has 5 rings (SSSR count). The van der Waals surface area contributed by atoms with Gasteiger partial charge in [0, 0.05) is 29.9 Å². The van der Waals surface area contributed by atoms with Crippen molar-refractivity contribution in [3.05, 3.63) is 59.4 Å². The summed E-state index contributed by atoms with van der Waals surface area (Å²) in [4.78, 5) is 37.2. The molecule has 1 saturated carbocycles. The number of nitrogens with zero attached hydrogens (tertiary/aromatic N) is 3. The number of carbonyl (C=O) groups excluding carboxylic acids is 2. The lowest BCUT2D eigenvalue weighted by Crippen LogP contribution is -2.38. The largest absolute Gasteiger partial charge is 0.351 e. The first-order valence-electron chi connectivity index (χ1n) is 10.9. The second-order valence-corrected chi connectivity index (χ2v) is 10.3. The molecule has 2 fully saturated rings. The third-order valence-electron chi connectivity index (χ3n) is 5.73. The summed E-state index contributed by atoms with van der Waals surface area (Å²) < 4.78 is 16.3. The lowest BCUT2D eigenvalue weighted by atomic mass is 9.92. The SMILES string of the molecule is O=C1NC(=O)/C(=C/c2ccnc(NC3CCC(NS(=O)c4cccc5cccnc45)CC3)n2)S1. The van der Waals surface area contributed by atoms with E-state index >= 15 is 0 Å². The van der Waals surface area contributed by atoms with Gasteiger partial charge in [0.2, 0.25) is 5.95 Å². The number of hydrogen-bond donors (Lipinski definition) is 3. The fraction of sp³-hybridized carbons (Fsp3) is 0.261. The van der Waals surface area contributed by atoms with Crippen LogP contribution in [0.25, 0.3) is 17.0 Å². The zero-order valence-electron chi connectivity index (χ0n) is 18.1. The van der Waals surface area contributed by atoms with Crippen molar-refractivity contribution in [3.8, 4) is 0 Å². The van der Waals surface area contributed by atoms with E-state index < -0.39 is 16.9 Å². The quantitative estimate of drug-likeness (QED) is 0.445. The number of nitrogens with one attached hydrogen (secondary N) is 3. The Bertz CT molecular complexity index is 1300. The number of pyridine rings is 1. The molecule has 1 aromatic carbocycles. The number of rotatable bonds is 6. The van der Waals surface area contributed by atoms with Crippen LogP contribution < -0.4 is 15.4 Å². The van der Waals surface area contributed by atoms with Gasteiger partial charge in [-0.15, -0.1) is 0 Å². The van der Waals surface area contributed by atoms with E-state index in [1.807, 2.05) is 30.3 Å². The lowest BCUT2D eigenvalue weighted by molar-refractivity contribution is -0.115. The van der Waals surface area contributed by atoms with E-state index in [4.69, 9.17) is 0 Å². The van der Waals surface area contributed by atoms with Gasteiger partial charge in [0.1, 0.15) is 11.0 Å². The Hall–Kier alpha value is -3.15. The van der Waals surface area contributed by atoms with Gasteiger partial charge in [0.05, 0.1) is 21.0 Å². The molecule has 11 heteroatoms. The molecule has 3 N–H and O–H groups in total. The molecule has 3 aromatic rings. The third-order valence-corrected chi connectivity index (χ3v) is 7.81. The molecule has 0 radical (unpaired) electrons. The highest BCUT2D eigenvalue weighted by molar-refractivity contribution is 8.18. The lowest BCUT2D eigenvalue weighted by Gasteiger charge is -2.29. The molecule has 0 bridgehead atoms. The van der Waals surface area contributed by atoms with Crippen molar-refractivity contribution in [3.63, 3.8) is 0 Å². The number of amides is 2. The first-order valence-corrected chi connectivity index (χ1v) is 12.9. The van der Waals surface area contributed by atoms with E-state index in [1.54, 1.807) is 24.5 Å². The third kappa shape index (κ3) is 5.16. The van der Waals surface area contributed by atoms with E-state index in [-0.39, 0.29) is 17.3 Å². The van der Waals surface area contributed by atoms with Crippen LogP contribution in [0.3, 0.4) is 0 Å². The summed E-state index contributed by atoms with van der Waals surface area (Å²) >= 11 is 0.859. The zero-order valence-corrected chi connectivity index (χ0v) is 19.7. The maximum absolute atomic E-state index is 13.0. The second-order valence-electron chi connectivity index (χ2n) is 8.07. The molecule has 0 spiro atoms. The highest BCUT2D eigenvalue weighted by Crippen LogP contribution is 2.26. The summed E-state index contributed by atoms with van der Waals surface area (Å²) in [6.45, 7) is 0. The minimum atomic E-state index is -1.34. The molecule has 1 saturated heterocycles. The number of benzene rings is 1. The molecule has 2 amide bonds. The second kappa shape index (κ2) is 10.00. The van der Waals surface area contributed by atoms with Crippen LogP contribution in [0.1, 0.15) is 31.4 Å². The Kier molecular flexibility index (Phi) is 6.66. The predicted molar refractivity (Wildman–Crippen MR) is 132 cm³/mol. The molecule has 1 unspecified atom stereocenters. The number of carbonyl (C=O) groups is 2. The van der Waals surface area contributed by atoms with E-state index in [0.29, 0.717) is 21.4 Å². The van der Waals surface area contributed by atoms with Gasteiger partial charge in [0.25, 0.3) is 11.1 Å². The van der Waals surface area contributed by atoms with Crippen LogP contribution in [0.2, 0.25) is 0 Å². The van der Waals surface area contributed by atoms with Gasteiger partial charge < -0.3 is 5.32 Å². The fourth-order valence-electron chi connectivity index (χ4n) is 4.06. The standard InChI is InChI=1S/C23H22N6O3S2/c30-21-18(33-23(31)28-21)13-17-10-12-25-22(27-17)26-15-6-8-16(9-7-15)29-34(32)19-5-1-3-14-4-2-11-24-20(14)19/h1-5,10-13,15-16,29H,6-9H2,(H,25,26,27)(H,28,30,31)/b18-13-. The van der Waals surface area contributed by atoms with Crippen molar-refractivity contribution in [2.45, 2.75) is 42.7 Å². The monoisotopic (exact) mass is 494 g/mol. The number of fused-ring (bicyclic) bond motifs is 1. The Morgan fingerprint density at radius 3 is 2.59 bits per heavy atom. The van der Waals surface area contributed by atoms with Gasteiger partial charge in [0.15, 0.2) is 0 Å². The first kappa shape index (κ1) is 22.6. The van der Waals surface area contributed by atoms with Gasteiger partial charge in [-0.25, -0.2) is 18.9 Å². The molecule has 2 aromatic heterocycles. The van der Waals surface area contributed by atoms with Crippen LogP contribution >= 0.6 is 11.8 Å². The average Bonchev–Trinajstić information content (AvgIpc) is 3.16. The normalized spacial score (nSPS) is 22.6. The fourth-order valence-corrected chi connectivity index (χ4v) is 5.94. The number of anilines is 1. The molecule has 2 aliphatic rings. The summed E-state index contributed by atoms with van der Waals surface area (Å²) in [6.07, 6.45) is 8.41. The van der Waals surface area contributed by atoms with Crippen molar-refractivity contribution in [1.82, 2.24) is 25.0 Å². The topological polar surface area (TPSA) is 126 Å². The highest BCUT2D eigenvalue weighted by Gasteiger charge is 2.26. The first-order chi connectivity index (χ1) is 16.5. The summed E-state index contributed by atoms with van der Waals surface area (Å²) in [5.74, 6) is 0.0662.